The van der Waals surface area contributed by atoms with Gasteiger partial charge in [-0.15, -0.1) is 0 Å². The number of carbonyl (C=O) groups is 1. The van der Waals surface area contributed by atoms with Crippen molar-refractivity contribution in [3.05, 3.63) is 35.5 Å². The molecule has 6 nitrogen and oxygen atoms in total. The molecule has 0 aliphatic carbocycles. The highest BCUT2D eigenvalue weighted by atomic mass is 16.5. The van der Waals surface area contributed by atoms with Crippen LogP contribution in [0.5, 0.6) is 0 Å². The van der Waals surface area contributed by atoms with Gasteiger partial charge in [-0.1, -0.05) is 19.0 Å². The summed E-state index contributed by atoms with van der Waals surface area (Å²) in [6.07, 6.45) is 3.55. The van der Waals surface area contributed by atoms with E-state index in [4.69, 9.17) is 4.52 Å². The second-order valence-electron chi connectivity index (χ2n) is 5.81. The molecular formula is C15H20N4O2. The molecule has 1 fully saturated rings. The second kappa shape index (κ2) is 5.35. The van der Waals surface area contributed by atoms with E-state index in [2.05, 4.69) is 24.1 Å². The van der Waals surface area contributed by atoms with Gasteiger partial charge in [-0.05, 0) is 18.9 Å². The number of hydrogen-bond donors (Lipinski definition) is 0. The Morgan fingerprint density at radius 2 is 2.29 bits per heavy atom. The SMILES string of the molecule is CC(C)c1cc([C@@H]2CCCN2C(=O)c2ccnn2C)no1. The highest BCUT2D eigenvalue weighted by Crippen LogP contribution is 2.33. The quantitative estimate of drug-likeness (QED) is 0.870. The first-order valence-electron chi connectivity index (χ1n) is 7.33. The average Bonchev–Trinajstić information content (AvgIpc) is 3.17. The number of nitrogens with zero attached hydrogens (tertiary/aromatic N) is 4. The summed E-state index contributed by atoms with van der Waals surface area (Å²) in [5, 5.41) is 8.23. The molecule has 0 saturated carbocycles. The van der Waals surface area contributed by atoms with E-state index >= 15 is 0 Å². The van der Waals surface area contributed by atoms with Crippen LogP contribution in [0.15, 0.2) is 22.9 Å². The van der Waals surface area contributed by atoms with Crippen molar-refractivity contribution < 1.29 is 9.32 Å². The van der Waals surface area contributed by atoms with E-state index in [1.54, 1.807) is 24.0 Å². The molecule has 2 aromatic rings. The van der Waals surface area contributed by atoms with Crippen LogP contribution in [-0.2, 0) is 7.05 Å². The molecule has 0 spiro atoms. The molecule has 6 heteroatoms. The van der Waals surface area contributed by atoms with Gasteiger partial charge >= 0.3 is 0 Å². The number of carbonyl (C=O) groups excluding carboxylic acids is 1. The second-order valence-corrected chi connectivity index (χ2v) is 5.81. The van der Waals surface area contributed by atoms with Crippen molar-refractivity contribution in [2.45, 2.75) is 38.6 Å². The van der Waals surface area contributed by atoms with E-state index in [-0.39, 0.29) is 11.9 Å². The molecule has 1 aliphatic rings. The lowest BCUT2D eigenvalue weighted by atomic mass is 10.1. The number of amides is 1. The molecule has 3 rings (SSSR count). The Hall–Kier alpha value is -2.11. The van der Waals surface area contributed by atoms with Gasteiger partial charge in [0.25, 0.3) is 5.91 Å². The van der Waals surface area contributed by atoms with Crippen LogP contribution in [0.2, 0.25) is 0 Å². The van der Waals surface area contributed by atoms with Gasteiger partial charge < -0.3 is 9.42 Å². The van der Waals surface area contributed by atoms with Gasteiger partial charge in [0, 0.05) is 31.8 Å². The zero-order valence-corrected chi connectivity index (χ0v) is 12.6. The molecule has 3 heterocycles. The largest absolute Gasteiger partial charge is 0.361 e. The van der Waals surface area contributed by atoms with Crippen LogP contribution in [0.25, 0.3) is 0 Å². The standard InChI is InChI=1S/C15H20N4O2/c1-10(2)14-9-11(17-21-14)12-5-4-8-19(12)15(20)13-6-7-16-18(13)3/h6-7,9-10,12H,4-5,8H2,1-3H3/t12-/m0/s1. The maximum atomic E-state index is 12.7. The molecule has 0 N–H and O–H groups in total. The van der Waals surface area contributed by atoms with Crippen LogP contribution in [-0.4, -0.2) is 32.3 Å². The van der Waals surface area contributed by atoms with Crippen LogP contribution in [0.4, 0.5) is 0 Å². The third-order valence-electron chi connectivity index (χ3n) is 4.01. The molecule has 0 aromatic carbocycles. The maximum Gasteiger partial charge on any atom is 0.272 e. The zero-order chi connectivity index (χ0) is 15.0. The van der Waals surface area contributed by atoms with Crippen molar-refractivity contribution in [3.63, 3.8) is 0 Å². The summed E-state index contributed by atoms with van der Waals surface area (Å²) in [5.74, 6) is 1.17. The molecule has 21 heavy (non-hydrogen) atoms. The number of rotatable bonds is 3. The topological polar surface area (TPSA) is 64.2 Å². The van der Waals surface area contributed by atoms with E-state index in [0.29, 0.717) is 11.6 Å². The third-order valence-corrected chi connectivity index (χ3v) is 4.01. The maximum absolute atomic E-state index is 12.7. The Labute approximate surface area is 123 Å². The Morgan fingerprint density at radius 1 is 1.48 bits per heavy atom. The number of hydrogen-bond acceptors (Lipinski definition) is 4. The van der Waals surface area contributed by atoms with Crippen molar-refractivity contribution in [1.82, 2.24) is 19.8 Å². The normalized spacial score (nSPS) is 18.7. The van der Waals surface area contributed by atoms with Crippen LogP contribution in [0, 0.1) is 0 Å². The van der Waals surface area contributed by atoms with Gasteiger partial charge in [0.05, 0.1) is 6.04 Å². The van der Waals surface area contributed by atoms with Crippen LogP contribution in [0.1, 0.15) is 60.6 Å². The highest BCUT2D eigenvalue weighted by molar-refractivity contribution is 5.93. The fourth-order valence-electron chi connectivity index (χ4n) is 2.78. The summed E-state index contributed by atoms with van der Waals surface area (Å²) >= 11 is 0. The van der Waals surface area contributed by atoms with Crippen LogP contribution in [0.3, 0.4) is 0 Å². The minimum Gasteiger partial charge on any atom is -0.361 e. The Kier molecular flexibility index (Phi) is 3.53. The van der Waals surface area contributed by atoms with Gasteiger partial charge in [-0.2, -0.15) is 5.10 Å². The number of aryl methyl sites for hydroxylation is 1. The van der Waals surface area contributed by atoms with Crippen molar-refractivity contribution in [1.29, 1.82) is 0 Å². The summed E-state index contributed by atoms with van der Waals surface area (Å²) in [6, 6.07) is 3.73. The lowest BCUT2D eigenvalue weighted by Gasteiger charge is -2.22. The van der Waals surface area contributed by atoms with E-state index in [1.165, 1.54) is 0 Å². The first-order chi connectivity index (χ1) is 10.1. The minimum atomic E-state index is 0.00338. The van der Waals surface area contributed by atoms with Crippen molar-refractivity contribution in [2.75, 3.05) is 6.54 Å². The molecule has 1 amide bonds. The van der Waals surface area contributed by atoms with Crippen molar-refractivity contribution in [3.8, 4) is 0 Å². The summed E-state index contributed by atoms with van der Waals surface area (Å²) in [7, 11) is 1.78. The average molecular weight is 288 g/mol. The molecule has 1 aliphatic heterocycles. The fraction of sp³-hybridized carbons (Fsp3) is 0.533. The number of aromatic nitrogens is 3. The predicted octanol–water partition coefficient (Wildman–Crippen LogP) is 2.51. The summed E-state index contributed by atoms with van der Waals surface area (Å²) in [4.78, 5) is 14.5. The molecule has 2 aromatic heterocycles. The van der Waals surface area contributed by atoms with Gasteiger partial charge in [0.15, 0.2) is 0 Å². The van der Waals surface area contributed by atoms with Gasteiger partial charge in [0.1, 0.15) is 17.1 Å². The van der Waals surface area contributed by atoms with E-state index in [0.717, 1.165) is 30.8 Å². The Morgan fingerprint density at radius 3 is 2.90 bits per heavy atom. The monoisotopic (exact) mass is 288 g/mol. The third kappa shape index (κ3) is 2.46. The van der Waals surface area contributed by atoms with Crippen molar-refractivity contribution in [2.24, 2.45) is 7.05 Å². The lowest BCUT2D eigenvalue weighted by Crippen LogP contribution is -2.32. The highest BCUT2D eigenvalue weighted by Gasteiger charge is 2.33. The predicted molar refractivity (Wildman–Crippen MR) is 76.8 cm³/mol. The molecule has 0 radical (unpaired) electrons. The molecule has 0 bridgehead atoms. The van der Waals surface area contributed by atoms with E-state index < -0.39 is 0 Å². The molecule has 0 unspecified atom stereocenters. The van der Waals surface area contributed by atoms with Crippen LogP contribution >= 0.6 is 0 Å². The van der Waals surface area contributed by atoms with E-state index in [9.17, 15) is 4.79 Å². The number of likely N-dealkylation sites (tertiary alicyclic amines) is 1. The van der Waals surface area contributed by atoms with Crippen molar-refractivity contribution >= 4 is 5.91 Å². The first-order valence-corrected chi connectivity index (χ1v) is 7.33. The van der Waals surface area contributed by atoms with Gasteiger partial charge in [-0.3, -0.25) is 9.48 Å². The first kappa shape index (κ1) is 13.9. The summed E-state index contributed by atoms with van der Waals surface area (Å²) in [5.41, 5.74) is 1.46. The Balaban J connectivity index is 1.85. The van der Waals surface area contributed by atoms with Crippen LogP contribution < -0.4 is 0 Å². The molecule has 112 valence electrons. The summed E-state index contributed by atoms with van der Waals surface area (Å²) in [6.45, 7) is 4.88. The Bertz CT molecular complexity index is 644. The zero-order valence-electron chi connectivity index (χ0n) is 12.6. The smallest absolute Gasteiger partial charge is 0.272 e. The molecular weight excluding hydrogens is 268 g/mol. The lowest BCUT2D eigenvalue weighted by molar-refractivity contribution is 0.0719. The fourth-order valence-corrected chi connectivity index (χ4v) is 2.78. The van der Waals surface area contributed by atoms with Gasteiger partial charge in [0.2, 0.25) is 0 Å². The van der Waals surface area contributed by atoms with E-state index in [1.807, 2.05) is 11.0 Å². The minimum absolute atomic E-state index is 0.00338. The van der Waals surface area contributed by atoms with Gasteiger partial charge in [-0.25, -0.2) is 0 Å². The summed E-state index contributed by atoms with van der Waals surface area (Å²) < 4.78 is 6.99. The molecule has 1 atom stereocenters. The molecule has 1 saturated heterocycles.